The van der Waals surface area contributed by atoms with Crippen molar-refractivity contribution in [3.63, 3.8) is 0 Å². The van der Waals surface area contributed by atoms with Crippen molar-refractivity contribution in [2.75, 3.05) is 13.6 Å². The smallest absolute Gasteiger partial charge is 0.251 e. The van der Waals surface area contributed by atoms with Gasteiger partial charge in [0.05, 0.1) is 4.47 Å². The number of hydrogen-bond donors (Lipinski definition) is 1. The number of amides is 1. The monoisotopic (exact) mass is 328 g/mol. The van der Waals surface area contributed by atoms with E-state index >= 15 is 0 Å². The lowest BCUT2D eigenvalue weighted by Crippen LogP contribution is -2.41. The third-order valence-corrected chi connectivity index (χ3v) is 4.20. The van der Waals surface area contributed by atoms with Crippen LogP contribution in [0.5, 0.6) is 0 Å². The van der Waals surface area contributed by atoms with E-state index in [2.05, 4.69) is 40.1 Å². The molecule has 1 aliphatic rings. The maximum atomic E-state index is 13.3. The summed E-state index contributed by atoms with van der Waals surface area (Å²) in [6.45, 7) is 2.66. The summed E-state index contributed by atoms with van der Waals surface area (Å²) in [7, 11) is 2.08. The molecule has 1 atom stereocenters. The lowest BCUT2D eigenvalue weighted by atomic mass is 10.2. The van der Waals surface area contributed by atoms with E-state index in [1.54, 1.807) is 12.1 Å². The van der Waals surface area contributed by atoms with E-state index in [-0.39, 0.29) is 11.9 Å². The fourth-order valence-electron chi connectivity index (χ4n) is 1.97. The summed E-state index contributed by atoms with van der Waals surface area (Å²) in [4.78, 5) is 14.2. The standard InChI is InChI=1S/C14H18BrFN2O/c1-9(18(2)11-4-5-11)8-17-14(19)10-3-6-12(15)13(16)7-10/h3,6-7,9,11H,4-5,8H2,1-2H3,(H,17,19). The van der Waals surface area contributed by atoms with Gasteiger partial charge in [0.25, 0.3) is 5.91 Å². The van der Waals surface area contributed by atoms with Crippen LogP contribution >= 0.6 is 15.9 Å². The Hall–Kier alpha value is -0.940. The van der Waals surface area contributed by atoms with Crippen LogP contribution in [0, 0.1) is 5.82 Å². The van der Waals surface area contributed by atoms with Gasteiger partial charge < -0.3 is 5.32 Å². The number of nitrogens with one attached hydrogen (secondary N) is 1. The highest BCUT2D eigenvalue weighted by Gasteiger charge is 2.29. The average molecular weight is 329 g/mol. The molecule has 1 aromatic rings. The Kier molecular flexibility index (Phi) is 4.58. The third kappa shape index (κ3) is 3.76. The molecule has 104 valence electrons. The summed E-state index contributed by atoms with van der Waals surface area (Å²) in [6.07, 6.45) is 2.49. The fraction of sp³-hybridized carbons (Fsp3) is 0.500. The van der Waals surface area contributed by atoms with Crippen molar-refractivity contribution in [1.29, 1.82) is 0 Å². The zero-order valence-corrected chi connectivity index (χ0v) is 12.7. The highest BCUT2D eigenvalue weighted by atomic mass is 79.9. The molecule has 0 heterocycles. The number of rotatable bonds is 5. The van der Waals surface area contributed by atoms with Crippen LogP contribution < -0.4 is 5.32 Å². The minimum atomic E-state index is -0.421. The summed E-state index contributed by atoms with van der Waals surface area (Å²) in [5, 5.41) is 2.85. The van der Waals surface area contributed by atoms with Crippen molar-refractivity contribution in [2.45, 2.75) is 31.8 Å². The molecule has 1 aliphatic carbocycles. The zero-order valence-electron chi connectivity index (χ0n) is 11.1. The van der Waals surface area contributed by atoms with E-state index in [0.29, 0.717) is 22.6 Å². The molecule has 5 heteroatoms. The third-order valence-electron chi connectivity index (χ3n) is 3.56. The normalized spacial score (nSPS) is 16.5. The van der Waals surface area contributed by atoms with Crippen LogP contribution in [0.2, 0.25) is 0 Å². The molecule has 1 fully saturated rings. The number of benzene rings is 1. The Morgan fingerprint density at radius 2 is 2.26 bits per heavy atom. The van der Waals surface area contributed by atoms with Gasteiger partial charge in [0.15, 0.2) is 0 Å². The van der Waals surface area contributed by atoms with E-state index < -0.39 is 5.82 Å². The number of halogens is 2. The van der Waals surface area contributed by atoms with Crippen molar-refractivity contribution in [2.24, 2.45) is 0 Å². The Bertz CT molecular complexity index is 477. The van der Waals surface area contributed by atoms with Crippen molar-refractivity contribution >= 4 is 21.8 Å². The van der Waals surface area contributed by atoms with Crippen LogP contribution in [0.3, 0.4) is 0 Å². The van der Waals surface area contributed by atoms with Crippen molar-refractivity contribution < 1.29 is 9.18 Å². The Morgan fingerprint density at radius 3 is 2.84 bits per heavy atom. The Balaban J connectivity index is 1.88. The molecule has 19 heavy (non-hydrogen) atoms. The van der Waals surface area contributed by atoms with Crippen LogP contribution in [0.4, 0.5) is 4.39 Å². The predicted octanol–water partition coefficient (Wildman–Crippen LogP) is 2.80. The first-order valence-electron chi connectivity index (χ1n) is 6.44. The maximum absolute atomic E-state index is 13.3. The average Bonchev–Trinajstić information content (AvgIpc) is 3.22. The first-order valence-corrected chi connectivity index (χ1v) is 7.23. The molecular weight excluding hydrogens is 311 g/mol. The van der Waals surface area contributed by atoms with Crippen molar-refractivity contribution in [3.8, 4) is 0 Å². The molecule has 1 N–H and O–H groups in total. The van der Waals surface area contributed by atoms with Crippen LogP contribution in [-0.4, -0.2) is 36.5 Å². The minimum absolute atomic E-state index is 0.234. The fourth-order valence-corrected chi connectivity index (χ4v) is 2.21. The molecule has 1 amide bonds. The molecule has 2 rings (SSSR count). The van der Waals surface area contributed by atoms with E-state index in [1.165, 1.54) is 18.9 Å². The maximum Gasteiger partial charge on any atom is 0.251 e. The topological polar surface area (TPSA) is 32.3 Å². The molecule has 0 aromatic heterocycles. The number of likely N-dealkylation sites (N-methyl/N-ethyl adjacent to an activating group) is 1. The van der Waals surface area contributed by atoms with Gasteiger partial charge in [0.2, 0.25) is 0 Å². The summed E-state index contributed by atoms with van der Waals surface area (Å²) in [5.41, 5.74) is 0.349. The number of hydrogen-bond acceptors (Lipinski definition) is 2. The van der Waals surface area contributed by atoms with Crippen LogP contribution in [0.1, 0.15) is 30.1 Å². The first kappa shape index (κ1) is 14.5. The van der Waals surface area contributed by atoms with Gasteiger partial charge in [-0.25, -0.2) is 4.39 Å². The second-order valence-corrected chi connectivity index (χ2v) is 5.94. The quantitative estimate of drug-likeness (QED) is 0.901. The molecule has 3 nitrogen and oxygen atoms in total. The van der Waals surface area contributed by atoms with Crippen molar-refractivity contribution in [3.05, 3.63) is 34.1 Å². The van der Waals surface area contributed by atoms with Gasteiger partial charge in [-0.15, -0.1) is 0 Å². The van der Waals surface area contributed by atoms with Crippen LogP contribution in [-0.2, 0) is 0 Å². The molecule has 1 saturated carbocycles. The van der Waals surface area contributed by atoms with E-state index in [9.17, 15) is 9.18 Å². The molecule has 0 bridgehead atoms. The Morgan fingerprint density at radius 1 is 1.58 bits per heavy atom. The summed E-state index contributed by atoms with van der Waals surface area (Å²) >= 11 is 3.07. The summed E-state index contributed by atoms with van der Waals surface area (Å²) in [5.74, 6) is -0.654. The molecule has 0 saturated heterocycles. The van der Waals surface area contributed by atoms with E-state index in [0.717, 1.165) is 0 Å². The molecule has 0 spiro atoms. The molecule has 1 aromatic carbocycles. The highest BCUT2D eigenvalue weighted by Crippen LogP contribution is 2.26. The van der Waals surface area contributed by atoms with Crippen LogP contribution in [0.15, 0.2) is 22.7 Å². The second-order valence-electron chi connectivity index (χ2n) is 5.08. The first-order chi connectivity index (χ1) is 8.99. The minimum Gasteiger partial charge on any atom is -0.350 e. The number of nitrogens with zero attached hydrogens (tertiary/aromatic N) is 1. The SMILES string of the molecule is CC(CNC(=O)c1ccc(Br)c(F)c1)N(C)C1CC1. The number of carbonyl (C=O) groups excluding carboxylic acids is 1. The van der Waals surface area contributed by atoms with Gasteiger partial charge in [0.1, 0.15) is 5.82 Å². The molecule has 0 aliphatic heterocycles. The van der Waals surface area contributed by atoms with Gasteiger partial charge in [0, 0.05) is 24.2 Å². The summed E-state index contributed by atoms with van der Waals surface area (Å²) in [6, 6.07) is 5.35. The van der Waals surface area contributed by atoms with Gasteiger partial charge in [-0.3, -0.25) is 9.69 Å². The molecular formula is C14H18BrFN2O. The molecule has 1 unspecified atom stereocenters. The molecule has 0 radical (unpaired) electrons. The zero-order chi connectivity index (χ0) is 14.0. The van der Waals surface area contributed by atoms with Gasteiger partial charge in [-0.1, -0.05) is 0 Å². The lowest BCUT2D eigenvalue weighted by Gasteiger charge is -2.24. The lowest BCUT2D eigenvalue weighted by molar-refractivity contribution is 0.0939. The summed E-state index contributed by atoms with van der Waals surface area (Å²) < 4.78 is 13.7. The predicted molar refractivity (Wildman–Crippen MR) is 76.7 cm³/mol. The Labute approximate surface area is 121 Å². The van der Waals surface area contributed by atoms with E-state index in [1.807, 2.05) is 0 Å². The van der Waals surface area contributed by atoms with Gasteiger partial charge >= 0.3 is 0 Å². The van der Waals surface area contributed by atoms with Gasteiger partial charge in [-0.2, -0.15) is 0 Å². The van der Waals surface area contributed by atoms with Crippen LogP contribution in [0.25, 0.3) is 0 Å². The van der Waals surface area contributed by atoms with Gasteiger partial charge in [-0.05, 0) is 60.9 Å². The van der Waals surface area contributed by atoms with E-state index in [4.69, 9.17) is 0 Å². The van der Waals surface area contributed by atoms with Crippen molar-refractivity contribution in [1.82, 2.24) is 10.2 Å². The number of carbonyl (C=O) groups is 1. The highest BCUT2D eigenvalue weighted by molar-refractivity contribution is 9.10. The second kappa shape index (κ2) is 6.01. The largest absolute Gasteiger partial charge is 0.350 e.